The number of aliphatic hydroxyl groups is 1. The number of aliphatic hydroxyl groups excluding tert-OH is 1. The van der Waals surface area contributed by atoms with Crippen LogP contribution in [0.15, 0.2) is 12.2 Å². The summed E-state index contributed by atoms with van der Waals surface area (Å²) in [7, 11) is 0. The Kier molecular flexibility index (Phi) is 1.62. The Morgan fingerprint density at radius 1 is 1.78 bits per heavy atom. The Labute approximate surface area is 56.4 Å². The van der Waals surface area contributed by atoms with E-state index >= 15 is 0 Å². The topological polar surface area (TPSA) is 20.2 Å². The zero-order valence-electron chi connectivity index (χ0n) is 5.98. The molecule has 0 amide bonds. The van der Waals surface area contributed by atoms with E-state index in [-0.39, 0.29) is 12.0 Å². The molecule has 0 spiro atoms. The second-order valence-electron chi connectivity index (χ2n) is 3.18. The van der Waals surface area contributed by atoms with Crippen molar-refractivity contribution in [3.05, 3.63) is 12.2 Å². The van der Waals surface area contributed by atoms with Crippen LogP contribution < -0.4 is 0 Å². The van der Waals surface area contributed by atoms with Gasteiger partial charge in [0.25, 0.3) is 0 Å². The first-order valence-electron chi connectivity index (χ1n) is 3.48. The Morgan fingerprint density at radius 3 is 2.67 bits per heavy atom. The fourth-order valence-electron chi connectivity index (χ4n) is 1.36. The van der Waals surface area contributed by atoms with Crippen molar-refractivity contribution in [2.24, 2.45) is 5.41 Å². The number of rotatable bonds is 1. The Bertz CT molecular complexity index is 129. The van der Waals surface area contributed by atoms with E-state index < -0.39 is 0 Å². The van der Waals surface area contributed by atoms with Crippen molar-refractivity contribution in [2.75, 3.05) is 6.61 Å². The van der Waals surface area contributed by atoms with Crippen LogP contribution in [0, 0.1) is 5.41 Å². The van der Waals surface area contributed by atoms with E-state index in [4.69, 9.17) is 5.11 Å². The van der Waals surface area contributed by atoms with Gasteiger partial charge in [0.1, 0.15) is 0 Å². The third-order valence-corrected chi connectivity index (χ3v) is 2.41. The highest BCUT2D eigenvalue weighted by atomic mass is 16.3. The zero-order valence-corrected chi connectivity index (χ0v) is 5.98. The monoisotopic (exact) mass is 126 g/mol. The van der Waals surface area contributed by atoms with Crippen molar-refractivity contribution in [1.82, 2.24) is 0 Å². The maximum atomic E-state index is 8.93. The second kappa shape index (κ2) is 2.14. The molecule has 9 heavy (non-hydrogen) atoms. The van der Waals surface area contributed by atoms with Crippen molar-refractivity contribution in [3.8, 4) is 0 Å². The molecule has 1 nitrogen and oxygen atoms in total. The molecule has 0 heterocycles. The first kappa shape index (κ1) is 6.81. The summed E-state index contributed by atoms with van der Waals surface area (Å²) < 4.78 is 0. The van der Waals surface area contributed by atoms with Crippen LogP contribution in [0.5, 0.6) is 0 Å². The minimum Gasteiger partial charge on any atom is -0.395 e. The molecule has 1 heteroatoms. The molecule has 1 fully saturated rings. The average Bonchev–Trinajstić information content (AvgIpc) is 2.15. The van der Waals surface area contributed by atoms with Gasteiger partial charge < -0.3 is 5.11 Å². The van der Waals surface area contributed by atoms with Gasteiger partial charge in [-0.3, -0.25) is 0 Å². The van der Waals surface area contributed by atoms with Crippen molar-refractivity contribution in [1.29, 1.82) is 0 Å². The lowest BCUT2D eigenvalue weighted by atomic mass is 9.87. The van der Waals surface area contributed by atoms with Crippen LogP contribution in [0.4, 0.5) is 0 Å². The third-order valence-electron chi connectivity index (χ3n) is 2.41. The van der Waals surface area contributed by atoms with Crippen molar-refractivity contribution >= 4 is 0 Å². The van der Waals surface area contributed by atoms with Gasteiger partial charge in [-0.25, -0.2) is 0 Å². The summed E-state index contributed by atoms with van der Waals surface area (Å²) in [6.45, 7) is 6.27. The highest BCUT2D eigenvalue weighted by Crippen LogP contribution is 2.40. The summed E-state index contributed by atoms with van der Waals surface area (Å²) in [5, 5.41) is 8.93. The predicted molar refractivity (Wildman–Crippen MR) is 38.2 cm³/mol. The Morgan fingerprint density at radius 2 is 2.44 bits per heavy atom. The standard InChI is InChI=1S/C8H14O/c1-7-4-3-5-8(7,2)6-9/h9H,1,3-6H2,2H3. The molecule has 1 atom stereocenters. The van der Waals surface area contributed by atoms with Gasteiger partial charge in [0.15, 0.2) is 0 Å². The summed E-state index contributed by atoms with van der Waals surface area (Å²) in [4.78, 5) is 0. The molecule has 52 valence electrons. The van der Waals surface area contributed by atoms with Gasteiger partial charge in [0.05, 0.1) is 6.61 Å². The molecule has 1 aliphatic rings. The van der Waals surface area contributed by atoms with E-state index in [1.165, 1.54) is 12.0 Å². The zero-order chi connectivity index (χ0) is 6.91. The van der Waals surface area contributed by atoms with Gasteiger partial charge in [0.2, 0.25) is 0 Å². The van der Waals surface area contributed by atoms with Gasteiger partial charge in [-0.15, -0.1) is 0 Å². The summed E-state index contributed by atoms with van der Waals surface area (Å²) >= 11 is 0. The molecular weight excluding hydrogens is 112 g/mol. The molecule has 1 N–H and O–H groups in total. The van der Waals surface area contributed by atoms with E-state index in [1.807, 2.05) is 0 Å². The van der Waals surface area contributed by atoms with Crippen LogP contribution >= 0.6 is 0 Å². The molecule has 0 aliphatic heterocycles. The second-order valence-corrected chi connectivity index (χ2v) is 3.18. The molecular formula is C8H14O. The maximum absolute atomic E-state index is 8.93. The van der Waals surface area contributed by atoms with Gasteiger partial charge in [-0.1, -0.05) is 19.1 Å². The smallest absolute Gasteiger partial charge is 0.0521 e. The lowest BCUT2D eigenvalue weighted by molar-refractivity contribution is 0.179. The highest BCUT2D eigenvalue weighted by Gasteiger charge is 2.30. The Balaban J connectivity index is 2.67. The van der Waals surface area contributed by atoms with Gasteiger partial charge in [-0.05, 0) is 19.3 Å². The summed E-state index contributed by atoms with van der Waals surface area (Å²) in [5.74, 6) is 0. The number of hydrogen-bond acceptors (Lipinski definition) is 1. The maximum Gasteiger partial charge on any atom is 0.0521 e. The summed E-state index contributed by atoms with van der Waals surface area (Å²) in [6.07, 6.45) is 3.43. The lowest BCUT2D eigenvalue weighted by Crippen LogP contribution is -2.17. The van der Waals surface area contributed by atoms with Crippen LogP contribution in [-0.4, -0.2) is 11.7 Å². The van der Waals surface area contributed by atoms with Crippen LogP contribution in [-0.2, 0) is 0 Å². The van der Waals surface area contributed by atoms with E-state index in [0.717, 1.165) is 12.8 Å². The Hall–Kier alpha value is -0.300. The quantitative estimate of drug-likeness (QED) is 0.530. The summed E-state index contributed by atoms with van der Waals surface area (Å²) in [6, 6.07) is 0. The van der Waals surface area contributed by atoms with Gasteiger partial charge in [-0.2, -0.15) is 0 Å². The van der Waals surface area contributed by atoms with Crippen molar-refractivity contribution in [3.63, 3.8) is 0 Å². The molecule has 0 bridgehead atoms. The predicted octanol–water partition coefficient (Wildman–Crippen LogP) is 1.73. The molecule has 0 aromatic carbocycles. The molecule has 1 unspecified atom stereocenters. The van der Waals surface area contributed by atoms with Gasteiger partial charge in [0, 0.05) is 5.41 Å². The average molecular weight is 126 g/mol. The first-order valence-corrected chi connectivity index (χ1v) is 3.48. The molecule has 0 aromatic heterocycles. The molecule has 0 radical (unpaired) electrons. The molecule has 0 aromatic rings. The molecule has 0 saturated heterocycles. The van der Waals surface area contributed by atoms with Crippen molar-refractivity contribution in [2.45, 2.75) is 26.2 Å². The van der Waals surface area contributed by atoms with Crippen LogP contribution in [0.1, 0.15) is 26.2 Å². The SMILES string of the molecule is C=C1CCCC1(C)CO. The van der Waals surface area contributed by atoms with Gasteiger partial charge >= 0.3 is 0 Å². The number of hydrogen-bond donors (Lipinski definition) is 1. The minimum absolute atomic E-state index is 0.0556. The van der Waals surface area contributed by atoms with E-state index in [9.17, 15) is 0 Å². The van der Waals surface area contributed by atoms with Crippen LogP contribution in [0.25, 0.3) is 0 Å². The molecule has 1 aliphatic carbocycles. The fourth-order valence-corrected chi connectivity index (χ4v) is 1.36. The van der Waals surface area contributed by atoms with Crippen LogP contribution in [0.3, 0.4) is 0 Å². The summed E-state index contributed by atoms with van der Waals surface area (Å²) in [5.41, 5.74) is 1.28. The lowest BCUT2D eigenvalue weighted by Gasteiger charge is -2.21. The minimum atomic E-state index is 0.0556. The first-order chi connectivity index (χ1) is 4.19. The third kappa shape index (κ3) is 1.01. The highest BCUT2D eigenvalue weighted by molar-refractivity contribution is 5.13. The van der Waals surface area contributed by atoms with E-state index in [1.54, 1.807) is 0 Å². The van der Waals surface area contributed by atoms with Crippen molar-refractivity contribution < 1.29 is 5.11 Å². The fraction of sp³-hybridized carbons (Fsp3) is 0.750. The molecule has 1 rings (SSSR count). The van der Waals surface area contributed by atoms with E-state index in [0.29, 0.717) is 0 Å². The van der Waals surface area contributed by atoms with Crippen LogP contribution in [0.2, 0.25) is 0 Å². The molecule has 1 saturated carbocycles. The normalized spacial score (nSPS) is 35.6. The van der Waals surface area contributed by atoms with E-state index in [2.05, 4.69) is 13.5 Å². The largest absolute Gasteiger partial charge is 0.395 e.